The van der Waals surface area contributed by atoms with Crippen LogP contribution in [0.15, 0.2) is 59.5 Å². The number of ketones is 1. The van der Waals surface area contributed by atoms with Crippen molar-refractivity contribution in [2.24, 2.45) is 0 Å². The van der Waals surface area contributed by atoms with Gasteiger partial charge in [0.1, 0.15) is 12.2 Å². The van der Waals surface area contributed by atoms with Crippen molar-refractivity contribution in [3.63, 3.8) is 0 Å². The Morgan fingerprint density at radius 1 is 1.04 bits per heavy atom. The molecule has 7 nitrogen and oxygen atoms in total. The number of ether oxygens (including phenoxy) is 3. The van der Waals surface area contributed by atoms with Gasteiger partial charge >= 0.3 is 0 Å². The zero-order valence-corrected chi connectivity index (χ0v) is 16.0. The lowest BCUT2D eigenvalue weighted by atomic mass is 10.0. The van der Waals surface area contributed by atoms with Gasteiger partial charge in [-0.3, -0.25) is 4.79 Å². The summed E-state index contributed by atoms with van der Waals surface area (Å²) in [6, 6.07) is 15.5. The van der Waals surface area contributed by atoms with Crippen LogP contribution >= 0.6 is 0 Å². The lowest BCUT2D eigenvalue weighted by Gasteiger charge is -2.31. The highest BCUT2D eigenvalue weighted by atomic mass is 32.2. The monoisotopic (exact) mass is 404 g/mol. The van der Waals surface area contributed by atoms with Gasteiger partial charge in [-0.15, -0.1) is 0 Å². The van der Waals surface area contributed by atoms with Crippen LogP contribution in [0.25, 0.3) is 0 Å². The Hall–Kier alpha value is -2.10. The zero-order chi connectivity index (χ0) is 19.7. The van der Waals surface area contributed by atoms with E-state index < -0.39 is 40.5 Å². The van der Waals surface area contributed by atoms with Crippen molar-refractivity contribution in [3.05, 3.63) is 65.7 Å². The first-order chi connectivity index (χ1) is 13.4. The maximum atomic E-state index is 12.9. The van der Waals surface area contributed by atoms with E-state index in [4.69, 9.17) is 18.4 Å². The maximum Gasteiger partial charge on any atom is 0.297 e. The van der Waals surface area contributed by atoms with Crippen LogP contribution in [-0.4, -0.2) is 45.4 Å². The summed E-state index contributed by atoms with van der Waals surface area (Å²) in [6.45, 7) is 2.18. The predicted octanol–water partition coefficient (Wildman–Crippen LogP) is 1.98. The van der Waals surface area contributed by atoms with Crippen molar-refractivity contribution in [2.45, 2.75) is 43.0 Å². The van der Waals surface area contributed by atoms with Crippen molar-refractivity contribution < 1.29 is 31.6 Å². The standard InChI is InChI=1S/C20H20O7S/c1-13-7-9-15(10-8-13)28(22,23)27-19-17(21)18(16-12-25-20(19)26-16)24-11-14-5-3-2-4-6-14/h2-10,16,18-20H,11-12H2,1H3/t16-,18-,19+,20-/m1/s1. The topological polar surface area (TPSA) is 88.1 Å². The summed E-state index contributed by atoms with van der Waals surface area (Å²) in [7, 11) is -4.16. The van der Waals surface area contributed by atoms with Gasteiger partial charge in [-0.1, -0.05) is 48.0 Å². The van der Waals surface area contributed by atoms with E-state index in [-0.39, 0.29) is 18.1 Å². The molecule has 2 saturated heterocycles. The number of aryl methyl sites for hydroxylation is 1. The molecule has 4 atom stereocenters. The first kappa shape index (κ1) is 19.2. The third-order valence-electron chi connectivity index (χ3n) is 4.69. The second-order valence-corrected chi connectivity index (χ2v) is 8.35. The number of carbonyl (C=O) groups excluding carboxylic acids is 1. The maximum absolute atomic E-state index is 12.9. The van der Waals surface area contributed by atoms with E-state index in [0.29, 0.717) is 0 Å². The van der Waals surface area contributed by atoms with E-state index in [2.05, 4.69) is 0 Å². The van der Waals surface area contributed by atoms with Gasteiger partial charge in [0.05, 0.1) is 18.1 Å². The highest BCUT2D eigenvalue weighted by Crippen LogP contribution is 2.31. The minimum atomic E-state index is -4.16. The molecule has 0 aromatic heterocycles. The summed E-state index contributed by atoms with van der Waals surface area (Å²) >= 11 is 0. The molecule has 2 heterocycles. The van der Waals surface area contributed by atoms with E-state index in [1.165, 1.54) is 12.1 Å². The summed E-state index contributed by atoms with van der Waals surface area (Å²) < 4.78 is 47.2. The van der Waals surface area contributed by atoms with Crippen LogP contribution in [0.5, 0.6) is 0 Å². The molecule has 8 heteroatoms. The largest absolute Gasteiger partial charge is 0.363 e. The second-order valence-electron chi connectivity index (χ2n) is 6.78. The number of hydrogen-bond acceptors (Lipinski definition) is 7. The van der Waals surface area contributed by atoms with Crippen LogP contribution in [0.2, 0.25) is 0 Å². The summed E-state index contributed by atoms with van der Waals surface area (Å²) in [5, 5.41) is 0. The lowest BCUT2D eigenvalue weighted by Crippen LogP contribution is -2.53. The van der Waals surface area contributed by atoms with Gasteiger partial charge < -0.3 is 14.2 Å². The molecule has 2 bridgehead atoms. The summed E-state index contributed by atoms with van der Waals surface area (Å²) in [5.41, 5.74) is 1.80. The van der Waals surface area contributed by atoms with E-state index in [1.807, 2.05) is 37.3 Å². The van der Waals surface area contributed by atoms with Crippen molar-refractivity contribution in [2.75, 3.05) is 6.61 Å². The minimum Gasteiger partial charge on any atom is -0.363 e. The predicted molar refractivity (Wildman–Crippen MR) is 97.9 cm³/mol. The van der Waals surface area contributed by atoms with Gasteiger partial charge in [0.25, 0.3) is 10.1 Å². The number of fused-ring (bicyclic) bond motifs is 2. The SMILES string of the molecule is Cc1ccc(S(=O)(=O)O[C@H]2C(=O)[C@H](OCc3ccccc3)[C@H]3CO[C@@H]2O3)cc1. The molecular formula is C20H20O7S. The van der Waals surface area contributed by atoms with E-state index in [1.54, 1.807) is 12.1 Å². The molecule has 0 unspecified atom stereocenters. The van der Waals surface area contributed by atoms with Crippen molar-refractivity contribution in [3.8, 4) is 0 Å². The molecule has 0 amide bonds. The normalized spacial score (nSPS) is 27.1. The smallest absolute Gasteiger partial charge is 0.297 e. The first-order valence-corrected chi connectivity index (χ1v) is 10.3. The number of benzene rings is 2. The number of Topliss-reactive ketones (excluding diaryl/α,β-unsaturated/α-hetero) is 1. The van der Waals surface area contributed by atoms with E-state index in [9.17, 15) is 13.2 Å². The molecule has 0 saturated carbocycles. The van der Waals surface area contributed by atoms with Gasteiger partial charge in [-0.05, 0) is 24.6 Å². The summed E-state index contributed by atoms with van der Waals surface area (Å²) in [4.78, 5) is 12.9. The first-order valence-electron chi connectivity index (χ1n) is 8.90. The molecule has 2 aromatic carbocycles. The van der Waals surface area contributed by atoms with Crippen molar-refractivity contribution in [1.29, 1.82) is 0 Å². The quantitative estimate of drug-likeness (QED) is 0.680. The Bertz CT molecular complexity index is 940. The lowest BCUT2D eigenvalue weighted by molar-refractivity contribution is -0.190. The molecule has 4 rings (SSSR count). The highest BCUT2D eigenvalue weighted by molar-refractivity contribution is 7.86. The van der Waals surface area contributed by atoms with Gasteiger partial charge in [-0.2, -0.15) is 8.42 Å². The average Bonchev–Trinajstić information content (AvgIpc) is 3.12. The Balaban J connectivity index is 1.50. The van der Waals surface area contributed by atoms with Gasteiger partial charge in [-0.25, -0.2) is 4.18 Å². The number of carbonyl (C=O) groups is 1. The van der Waals surface area contributed by atoms with Crippen molar-refractivity contribution in [1.82, 2.24) is 0 Å². The molecule has 0 N–H and O–H groups in total. The molecule has 2 aromatic rings. The minimum absolute atomic E-state index is 0.0345. The van der Waals surface area contributed by atoms with Crippen LogP contribution in [-0.2, 0) is 39.9 Å². The van der Waals surface area contributed by atoms with Crippen LogP contribution in [0.1, 0.15) is 11.1 Å². The fourth-order valence-electron chi connectivity index (χ4n) is 3.18. The summed E-state index contributed by atoms with van der Waals surface area (Å²) in [5.74, 6) is -0.495. The third-order valence-corrected chi connectivity index (χ3v) is 6.00. The Labute approximate surface area is 163 Å². The molecule has 2 aliphatic rings. The van der Waals surface area contributed by atoms with E-state index in [0.717, 1.165) is 11.1 Å². The Morgan fingerprint density at radius 3 is 2.46 bits per heavy atom. The zero-order valence-electron chi connectivity index (χ0n) is 15.2. The highest BCUT2D eigenvalue weighted by Gasteiger charge is 2.53. The molecule has 0 radical (unpaired) electrons. The van der Waals surface area contributed by atoms with E-state index >= 15 is 0 Å². The molecule has 148 valence electrons. The van der Waals surface area contributed by atoms with Gasteiger partial charge in [0.15, 0.2) is 18.2 Å². The average molecular weight is 404 g/mol. The third kappa shape index (κ3) is 3.87. The fraction of sp³-hybridized carbons (Fsp3) is 0.350. The molecule has 28 heavy (non-hydrogen) atoms. The second kappa shape index (κ2) is 7.73. The molecule has 2 aliphatic heterocycles. The Kier molecular flexibility index (Phi) is 5.31. The van der Waals surface area contributed by atoms with Crippen LogP contribution < -0.4 is 0 Å². The van der Waals surface area contributed by atoms with Crippen LogP contribution in [0.4, 0.5) is 0 Å². The molecular weight excluding hydrogens is 384 g/mol. The molecule has 0 spiro atoms. The van der Waals surface area contributed by atoms with Gasteiger partial charge in [0, 0.05) is 0 Å². The fourth-order valence-corrected chi connectivity index (χ4v) is 4.22. The Morgan fingerprint density at radius 2 is 1.75 bits per heavy atom. The van der Waals surface area contributed by atoms with Crippen molar-refractivity contribution >= 4 is 15.9 Å². The van der Waals surface area contributed by atoms with Crippen LogP contribution in [0.3, 0.4) is 0 Å². The summed E-state index contributed by atoms with van der Waals surface area (Å²) in [6.07, 6.45) is -4.01. The molecule has 2 fully saturated rings. The molecule has 0 aliphatic carbocycles. The number of rotatable bonds is 6. The van der Waals surface area contributed by atoms with Crippen LogP contribution in [0, 0.1) is 6.92 Å². The number of hydrogen-bond donors (Lipinski definition) is 0. The van der Waals surface area contributed by atoms with Gasteiger partial charge in [0.2, 0.25) is 0 Å².